The minimum Gasteiger partial charge on any atom is -0.358 e. The molecule has 3 radical (unpaired) electrons. The van der Waals surface area contributed by atoms with Gasteiger partial charge in [-0.25, -0.2) is 0 Å². The molecule has 24 rings (SSSR count). The van der Waals surface area contributed by atoms with E-state index in [9.17, 15) is 0 Å². The van der Waals surface area contributed by atoms with E-state index in [4.69, 9.17) is 0 Å². The van der Waals surface area contributed by atoms with Gasteiger partial charge in [-0.05, 0) is 133 Å². The van der Waals surface area contributed by atoms with Crippen molar-refractivity contribution in [2.45, 2.75) is 219 Å². The van der Waals surface area contributed by atoms with Crippen LogP contribution < -0.4 is 0 Å². The number of allylic oxidation sites excluding steroid dienone is 6. The van der Waals surface area contributed by atoms with Crippen LogP contribution >= 0.6 is 0 Å². The third-order valence-electron chi connectivity index (χ3n) is 22.2. The Morgan fingerprint density at radius 1 is 0.163 bits per heavy atom. The molecule has 0 aromatic heterocycles. The molecular weight excluding hydrogens is 1740 g/mol. The molecule has 0 saturated carbocycles. The molecule has 0 saturated heterocycles. The van der Waals surface area contributed by atoms with Crippen LogP contribution in [-0.4, -0.2) is 0 Å². The summed E-state index contributed by atoms with van der Waals surface area (Å²) >= 11 is 0. The summed E-state index contributed by atoms with van der Waals surface area (Å²) in [4.78, 5) is 0. The Labute approximate surface area is 860 Å². The minimum atomic E-state index is 0. The summed E-state index contributed by atoms with van der Waals surface area (Å²) in [5, 5.41) is 0. The number of benzene rings is 12. The van der Waals surface area contributed by atoms with Gasteiger partial charge in [0.2, 0.25) is 0 Å². The van der Waals surface area contributed by atoms with E-state index in [1.165, 1.54) is 167 Å². The molecule has 0 spiro atoms. The maximum absolute atomic E-state index is 4.28. The summed E-state index contributed by atoms with van der Waals surface area (Å²) in [5.41, 5.74) is 42.9. The summed E-state index contributed by atoms with van der Waals surface area (Å²) < 4.78 is 0. The largest absolute Gasteiger partial charge is 0.358 e. The fraction of sp³-hybridized carbons (Fsp3) is 0.295. The van der Waals surface area contributed by atoms with E-state index < -0.39 is 0 Å². The molecule has 711 valence electrons. The van der Waals surface area contributed by atoms with Crippen molar-refractivity contribution in [3.8, 4) is 0 Å². The van der Waals surface area contributed by atoms with E-state index in [2.05, 4.69) is 537 Å². The Balaban J connectivity index is 0.000000317. The van der Waals surface area contributed by atoms with Gasteiger partial charge in [-0.2, -0.15) is 17.8 Å². The summed E-state index contributed by atoms with van der Waals surface area (Å²) in [6, 6.07) is 103. The standard InChI is InChI=1S/3C18H14.3C15H12.6C5H12.3CH3.3V/c3*1-11-12(2)18-15-9-5-3-7-13(15)17(11)14-8-4-6-10-16(14)18;3*1-11-14-8-4-2-6-12(14)10-13-7-3-5-9-15(11)13;6*1-5(2,3)4;;;;;;/h3*3-10,17-18H,1-2H2;3*2-11H,1H2;6*1-4H3;3*1H3;;;/q;;;3*-2;;;;;;;3*-1;;;. The molecule has 3 heteroatoms. The number of hydrogen-bond acceptors (Lipinski definition) is 0. The van der Waals surface area contributed by atoms with Crippen molar-refractivity contribution >= 4 is 0 Å². The molecule has 0 unspecified atom stereocenters. The quantitative estimate of drug-likeness (QED) is 0.133. The van der Waals surface area contributed by atoms with E-state index in [0.29, 0.717) is 68.0 Å². The van der Waals surface area contributed by atoms with Crippen LogP contribution in [0.25, 0.3) is 0 Å². The molecule has 12 aliphatic rings. The zero-order chi connectivity index (χ0) is 94.6. The Morgan fingerprint density at radius 3 is 0.326 bits per heavy atom. The predicted octanol–water partition coefficient (Wildman–Crippen LogP) is 37.5. The zero-order valence-electron chi connectivity index (χ0n) is 87.3. The van der Waals surface area contributed by atoms with Gasteiger partial charge >= 0.3 is 0 Å². The summed E-state index contributed by atoms with van der Waals surface area (Å²) in [7, 11) is 0. The number of fused-ring (bicyclic) bond motifs is 9. The summed E-state index contributed by atoms with van der Waals surface area (Å²) in [6.45, 7) is 90.9. The smallest absolute Gasteiger partial charge is 0.0343 e. The van der Waals surface area contributed by atoms with Gasteiger partial charge in [0.15, 0.2) is 0 Å². The van der Waals surface area contributed by atoms with Crippen LogP contribution in [0.5, 0.6) is 0 Å². The fourth-order valence-electron chi connectivity index (χ4n) is 17.4. The Kier molecular flexibility index (Phi) is 43.7. The molecule has 0 heterocycles. The average molecular weight is 1900 g/mol. The van der Waals surface area contributed by atoms with Crippen LogP contribution in [0.2, 0.25) is 0 Å². The van der Waals surface area contributed by atoms with Crippen LogP contribution in [0.1, 0.15) is 353 Å². The first-order valence-electron chi connectivity index (χ1n) is 46.7. The van der Waals surface area contributed by atoms with Crippen molar-refractivity contribution in [1.82, 2.24) is 0 Å². The Morgan fingerprint density at radius 2 is 0.237 bits per heavy atom. The first-order chi connectivity index (χ1) is 60.4. The Hall–Kier alpha value is -9.56. The van der Waals surface area contributed by atoms with E-state index in [1.807, 2.05) is 0 Å². The number of rotatable bonds is 0. The van der Waals surface area contributed by atoms with Crippen molar-refractivity contribution in [3.63, 3.8) is 0 Å². The van der Waals surface area contributed by atoms with Gasteiger partial charge in [-0.1, -0.05) is 460 Å². The molecule has 135 heavy (non-hydrogen) atoms. The molecule has 12 aromatic carbocycles. The van der Waals surface area contributed by atoms with E-state index >= 15 is 0 Å². The van der Waals surface area contributed by atoms with Gasteiger partial charge in [0.05, 0.1) is 0 Å². The molecule has 6 bridgehead atoms. The molecule has 0 fully saturated rings. The normalized spacial score (nSPS) is 16.8. The topological polar surface area (TPSA) is 0 Å². The molecule has 0 atom stereocenters. The molecule has 12 aromatic rings. The zero-order valence-corrected chi connectivity index (χ0v) is 91.5. The van der Waals surface area contributed by atoms with Crippen molar-refractivity contribution in [3.05, 3.63) is 560 Å². The predicted molar refractivity (Wildman–Crippen MR) is 582 cm³/mol. The maximum atomic E-state index is 4.28. The molecular formula is C132H159V3-9. The van der Waals surface area contributed by atoms with Gasteiger partial charge < -0.3 is 43.1 Å². The monoisotopic (exact) mass is 1900 g/mol. The molecule has 0 aliphatic heterocycles. The van der Waals surface area contributed by atoms with E-state index in [0.717, 1.165) is 0 Å². The molecule has 12 aliphatic carbocycles. The van der Waals surface area contributed by atoms with Gasteiger partial charge in [0, 0.05) is 91.2 Å². The van der Waals surface area contributed by atoms with Gasteiger partial charge in [-0.15, -0.1) is 122 Å². The van der Waals surface area contributed by atoms with Crippen molar-refractivity contribution in [2.75, 3.05) is 0 Å². The number of hydrogen-bond donors (Lipinski definition) is 0. The SMILES string of the molecule is C=C1C(=C)C2c3ccccc3C1c1ccccc12.C=C1C(=C)C2c3ccccc3C1c1ccccc12.C=C1C(=C)C2c3ccccc3C1c1ccccc12.CC(C)(C)C.CC(C)(C)C.CC(C)(C)C.CC(C)(C)C.CC(C)(C)C.CC(C)(C)C.[CH2-]C1c2ccccc2[CH-]c2ccccc21.[CH2-]C1c2ccccc2[CH-]c2ccccc21.[CH2-]C1c2ccccc2[CH-]c2ccccc21.[CH3-].[CH3-].[CH3-].[V].[V].[V]. The second kappa shape index (κ2) is 50.2. The van der Waals surface area contributed by atoms with Gasteiger partial charge in [0.1, 0.15) is 0 Å². The average Bonchev–Trinajstić information content (AvgIpc) is 0.721. The van der Waals surface area contributed by atoms with Crippen LogP contribution in [0.4, 0.5) is 0 Å². The van der Waals surface area contributed by atoms with Crippen LogP contribution in [0.3, 0.4) is 0 Å². The molecule has 0 N–H and O–H groups in total. The van der Waals surface area contributed by atoms with E-state index in [-0.39, 0.29) is 95.7 Å². The second-order valence-electron chi connectivity index (χ2n) is 45.4. The van der Waals surface area contributed by atoms with Gasteiger partial charge in [-0.3, -0.25) is 0 Å². The van der Waals surface area contributed by atoms with Gasteiger partial charge in [0.25, 0.3) is 0 Å². The maximum Gasteiger partial charge on any atom is 0.0343 e. The third kappa shape index (κ3) is 31.7. The van der Waals surface area contributed by atoms with Crippen molar-refractivity contribution in [1.29, 1.82) is 0 Å². The van der Waals surface area contributed by atoms with E-state index in [1.54, 1.807) is 0 Å². The van der Waals surface area contributed by atoms with Crippen molar-refractivity contribution in [2.24, 2.45) is 32.5 Å². The van der Waals surface area contributed by atoms with Crippen LogP contribution in [0, 0.1) is 94.8 Å². The molecule has 0 nitrogen and oxygen atoms in total. The molecule has 0 amide bonds. The fourth-order valence-corrected chi connectivity index (χ4v) is 17.4. The second-order valence-corrected chi connectivity index (χ2v) is 45.4. The third-order valence-corrected chi connectivity index (χ3v) is 22.2. The van der Waals surface area contributed by atoms with Crippen molar-refractivity contribution < 1.29 is 55.7 Å². The minimum absolute atomic E-state index is 0. The van der Waals surface area contributed by atoms with Crippen LogP contribution in [-0.2, 0) is 55.7 Å². The Bertz CT molecular complexity index is 4810. The van der Waals surface area contributed by atoms with Crippen LogP contribution in [0.15, 0.2) is 364 Å². The first kappa shape index (κ1) is 118. The first-order valence-corrected chi connectivity index (χ1v) is 46.7. The summed E-state index contributed by atoms with van der Waals surface area (Å²) in [6.07, 6.45) is 6.73. The summed E-state index contributed by atoms with van der Waals surface area (Å²) in [5.74, 6) is 2.69.